The van der Waals surface area contributed by atoms with Crippen LogP contribution in [0.4, 0.5) is 5.69 Å². The second-order valence-corrected chi connectivity index (χ2v) is 10.6. The number of nitrogens with zero attached hydrogens (tertiary/aromatic N) is 3. The Balaban J connectivity index is 1.95. The molecular weight excluding hydrogens is 466 g/mol. The number of halogens is 1. The lowest BCUT2D eigenvalue weighted by Gasteiger charge is -2.33. The van der Waals surface area contributed by atoms with Crippen molar-refractivity contribution in [1.82, 2.24) is 14.9 Å². The molecule has 196 valence electrons. The summed E-state index contributed by atoms with van der Waals surface area (Å²) >= 11 is 6.25. The van der Waals surface area contributed by atoms with Gasteiger partial charge in [-0.25, -0.2) is 5.01 Å². The molecular formula is C30H44ClN5. The summed E-state index contributed by atoms with van der Waals surface area (Å²) < 4.78 is 0. The topological polar surface area (TPSA) is 47.8 Å². The molecule has 36 heavy (non-hydrogen) atoms. The van der Waals surface area contributed by atoms with Gasteiger partial charge in [0.1, 0.15) is 0 Å². The highest BCUT2D eigenvalue weighted by Crippen LogP contribution is 2.34. The number of benzene rings is 1. The fourth-order valence-corrected chi connectivity index (χ4v) is 5.16. The minimum atomic E-state index is 0.0562. The number of rotatable bonds is 7. The van der Waals surface area contributed by atoms with E-state index in [9.17, 15) is 0 Å². The second-order valence-electron chi connectivity index (χ2n) is 10.2. The molecule has 2 aliphatic heterocycles. The minimum absolute atomic E-state index is 0.0562. The smallest absolute Gasteiger partial charge is 0.0781 e. The first-order valence-electron chi connectivity index (χ1n) is 13.1. The molecule has 0 spiro atoms. The summed E-state index contributed by atoms with van der Waals surface area (Å²) in [5, 5.41) is 8.74. The Hall–Kier alpha value is -2.47. The SMILES string of the molecule is C=C1C(=C\C=C(/C)C2=CCN([C@@H](C)CC)CC2)/C(=C(\C)N)N(N(C)C)CCC1Nc1cccc(Cl)c1. The minimum Gasteiger partial charge on any atom is -0.401 e. The Morgan fingerprint density at radius 2 is 2.06 bits per heavy atom. The highest BCUT2D eigenvalue weighted by atomic mass is 35.5. The van der Waals surface area contributed by atoms with Gasteiger partial charge >= 0.3 is 0 Å². The number of hydrogen-bond donors (Lipinski definition) is 2. The Morgan fingerprint density at radius 1 is 1.31 bits per heavy atom. The number of hydrazine groups is 1. The van der Waals surface area contributed by atoms with Gasteiger partial charge in [-0.15, -0.1) is 0 Å². The average Bonchev–Trinajstić information content (AvgIpc) is 2.99. The monoisotopic (exact) mass is 509 g/mol. The predicted octanol–water partition coefficient (Wildman–Crippen LogP) is 6.35. The van der Waals surface area contributed by atoms with Crippen LogP contribution in [0.15, 0.2) is 82.8 Å². The molecule has 1 fully saturated rings. The summed E-state index contributed by atoms with van der Waals surface area (Å²) in [4.78, 5) is 2.56. The molecule has 1 saturated heterocycles. The van der Waals surface area contributed by atoms with Gasteiger partial charge in [-0.2, -0.15) is 0 Å². The van der Waals surface area contributed by atoms with Crippen LogP contribution in [-0.4, -0.2) is 60.7 Å². The molecule has 0 radical (unpaired) electrons. The highest BCUT2D eigenvalue weighted by molar-refractivity contribution is 6.30. The van der Waals surface area contributed by atoms with Gasteiger partial charge in [0.15, 0.2) is 0 Å². The Bertz CT molecular complexity index is 1060. The van der Waals surface area contributed by atoms with Crippen molar-refractivity contribution in [2.75, 3.05) is 39.0 Å². The zero-order valence-electron chi connectivity index (χ0n) is 22.9. The van der Waals surface area contributed by atoms with Crippen LogP contribution >= 0.6 is 11.6 Å². The van der Waals surface area contributed by atoms with E-state index in [0.29, 0.717) is 6.04 Å². The summed E-state index contributed by atoms with van der Waals surface area (Å²) in [6.45, 7) is 16.3. The van der Waals surface area contributed by atoms with E-state index in [-0.39, 0.29) is 6.04 Å². The van der Waals surface area contributed by atoms with E-state index in [2.05, 4.69) is 79.9 Å². The standard InChI is InChI=1S/C30H44ClN5/c1-8-22(3)35-17-14-25(15-18-35)21(2)12-13-28-23(4)29(33-27-11-9-10-26(31)20-27)16-19-36(34(6)7)30(28)24(5)32/h9-14,20,22,29,33H,4,8,15-19,32H2,1-3,5-7H3/b21-12+,28-13+,30-24-/t22-,29?/m0/s1. The number of anilines is 1. The van der Waals surface area contributed by atoms with Crippen molar-refractivity contribution >= 4 is 17.3 Å². The third kappa shape index (κ3) is 6.84. The Labute approximate surface area is 223 Å². The average molecular weight is 510 g/mol. The maximum Gasteiger partial charge on any atom is 0.0781 e. The van der Waals surface area contributed by atoms with E-state index in [4.69, 9.17) is 17.3 Å². The number of allylic oxidation sites excluding steroid dienone is 5. The maximum absolute atomic E-state index is 6.50. The molecule has 1 aromatic rings. The van der Waals surface area contributed by atoms with Gasteiger partial charge in [0.05, 0.1) is 11.7 Å². The molecule has 2 aliphatic rings. The molecule has 0 bridgehead atoms. The molecule has 2 heterocycles. The fraction of sp³-hybridized carbons (Fsp3) is 0.467. The largest absolute Gasteiger partial charge is 0.401 e. The molecule has 1 aromatic carbocycles. The van der Waals surface area contributed by atoms with Crippen molar-refractivity contribution in [3.63, 3.8) is 0 Å². The van der Waals surface area contributed by atoms with Crippen LogP contribution in [0.25, 0.3) is 0 Å². The van der Waals surface area contributed by atoms with Gasteiger partial charge in [-0.1, -0.05) is 49.4 Å². The fourth-order valence-electron chi connectivity index (χ4n) is 4.97. The quantitative estimate of drug-likeness (QED) is 0.448. The lowest BCUT2D eigenvalue weighted by Crippen LogP contribution is -2.38. The van der Waals surface area contributed by atoms with E-state index in [1.54, 1.807) is 0 Å². The van der Waals surface area contributed by atoms with Crippen LogP contribution in [0.1, 0.15) is 47.0 Å². The van der Waals surface area contributed by atoms with E-state index < -0.39 is 0 Å². The van der Waals surface area contributed by atoms with Gasteiger partial charge in [0.25, 0.3) is 0 Å². The van der Waals surface area contributed by atoms with Crippen molar-refractivity contribution < 1.29 is 0 Å². The molecule has 1 unspecified atom stereocenters. The van der Waals surface area contributed by atoms with Crippen LogP contribution in [0.3, 0.4) is 0 Å². The Morgan fingerprint density at radius 3 is 2.64 bits per heavy atom. The molecule has 0 aliphatic carbocycles. The summed E-state index contributed by atoms with van der Waals surface area (Å²) in [7, 11) is 4.12. The molecule has 0 saturated carbocycles. The van der Waals surface area contributed by atoms with Crippen molar-refractivity contribution in [1.29, 1.82) is 0 Å². The highest BCUT2D eigenvalue weighted by Gasteiger charge is 2.29. The second kappa shape index (κ2) is 12.7. The third-order valence-electron chi connectivity index (χ3n) is 7.39. The normalized spacial score (nSPS) is 23.6. The molecule has 3 rings (SSSR count). The van der Waals surface area contributed by atoms with Crippen molar-refractivity contribution in [3.8, 4) is 0 Å². The molecule has 0 aromatic heterocycles. The van der Waals surface area contributed by atoms with Crippen LogP contribution in [0, 0.1) is 0 Å². The third-order valence-corrected chi connectivity index (χ3v) is 7.63. The molecule has 6 heteroatoms. The molecule has 5 nitrogen and oxygen atoms in total. The first-order chi connectivity index (χ1) is 17.1. The van der Waals surface area contributed by atoms with E-state index >= 15 is 0 Å². The molecule has 2 atom stereocenters. The zero-order chi connectivity index (χ0) is 26.4. The lowest BCUT2D eigenvalue weighted by molar-refractivity contribution is 0.0688. The first kappa shape index (κ1) is 28.1. The summed E-state index contributed by atoms with van der Waals surface area (Å²) in [5.41, 5.74) is 14.1. The Kier molecular flexibility index (Phi) is 9.89. The molecule has 0 amide bonds. The molecule has 3 N–H and O–H groups in total. The van der Waals surface area contributed by atoms with E-state index in [0.717, 1.165) is 65.7 Å². The summed E-state index contributed by atoms with van der Waals surface area (Å²) in [6, 6.07) is 8.55. The summed E-state index contributed by atoms with van der Waals surface area (Å²) in [5.74, 6) is 0. The van der Waals surface area contributed by atoms with Gasteiger partial charge in [-0.05, 0) is 75.0 Å². The number of nitrogens with two attached hydrogens (primary N) is 1. The van der Waals surface area contributed by atoms with Crippen molar-refractivity contribution in [2.45, 2.75) is 59.0 Å². The van der Waals surface area contributed by atoms with E-state index in [1.807, 2.05) is 31.2 Å². The van der Waals surface area contributed by atoms with Gasteiger partial charge < -0.3 is 16.1 Å². The first-order valence-corrected chi connectivity index (χ1v) is 13.4. The van der Waals surface area contributed by atoms with Gasteiger partial charge in [0.2, 0.25) is 0 Å². The van der Waals surface area contributed by atoms with Gasteiger partial charge in [-0.3, -0.25) is 4.90 Å². The van der Waals surface area contributed by atoms with Crippen molar-refractivity contribution in [2.24, 2.45) is 5.73 Å². The van der Waals surface area contributed by atoms with Crippen molar-refractivity contribution in [3.05, 3.63) is 87.8 Å². The van der Waals surface area contributed by atoms with Gasteiger partial charge in [0, 0.05) is 61.8 Å². The maximum atomic E-state index is 6.50. The zero-order valence-corrected chi connectivity index (χ0v) is 23.7. The number of nitrogens with one attached hydrogen (secondary N) is 1. The number of hydrogen-bond acceptors (Lipinski definition) is 5. The van der Waals surface area contributed by atoms with Crippen LogP contribution in [-0.2, 0) is 0 Å². The lowest BCUT2D eigenvalue weighted by atomic mass is 9.94. The summed E-state index contributed by atoms with van der Waals surface area (Å²) in [6.07, 6.45) is 9.99. The van der Waals surface area contributed by atoms with Crippen LogP contribution < -0.4 is 11.1 Å². The van der Waals surface area contributed by atoms with Crippen LogP contribution in [0.5, 0.6) is 0 Å². The van der Waals surface area contributed by atoms with E-state index in [1.165, 1.54) is 17.6 Å². The van der Waals surface area contributed by atoms with Crippen LogP contribution in [0.2, 0.25) is 5.02 Å². The predicted molar refractivity (Wildman–Crippen MR) is 156 cm³/mol.